The van der Waals surface area contributed by atoms with E-state index in [4.69, 9.17) is 15.2 Å². The molecule has 0 aliphatic carbocycles. The van der Waals surface area contributed by atoms with Crippen LogP contribution < -0.4 is 5.73 Å². The molecule has 0 aromatic carbocycles. The van der Waals surface area contributed by atoms with Crippen molar-refractivity contribution >= 4 is 0 Å². The molecule has 2 heterocycles. The van der Waals surface area contributed by atoms with E-state index >= 15 is 0 Å². The highest BCUT2D eigenvalue weighted by Gasteiger charge is 2.46. The molecule has 100 valence electrons. The maximum atomic E-state index is 10.0. The summed E-state index contributed by atoms with van der Waals surface area (Å²) < 4.78 is 10.4. The monoisotopic (exact) mass is 248 g/mol. The SMILES string of the molecule is NCC1OC(O)[C@@H](N2CCOCC2)C(O)C1O. The third-order valence-corrected chi connectivity index (χ3v) is 3.39. The minimum absolute atomic E-state index is 0.0606. The number of morpholine rings is 1. The van der Waals surface area contributed by atoms with Crippen LogP contribution in [-0.4, -0.2) is 83.7 Å². The van der Waals surface area contributed by atoms with Crippen molar-refractivity contribution in [3.05, 3.63) is 0 Å². The van der Waals surface area contributed by atoms with Gasteiger partial charge in [0.25, 0.3) is 0 Å². The fourth-order valence-electron chi connectivity index (χ4n) is 2.40. The van der Waals surface area contributed by atoms with Crippen molar-refractivity contribution in [2.45, 2.75) is 30.6 Å². The summed E-state index contributed by atoms with van der Waals surface area (Å²) in [4.78, 5) is 1.87. The van der Waals surface area contributed by atoms with Gasteiger partial charge in [-0.25, -0.2) is 0 Å². The van der Waals surface area contributed by atoms with Crippen LogP contribution in [-0.2, 0) is 9.47 Å². The lowest BCUT2D eigenvalue weighted by molar-refractivity contribution is -0.267. The van der Waals surface area contributed by atoms with Crippen LogP contribution in [0.1, 0.15) is 0 Å². The van der Waals surface area contributed by atoms with Gasteiger partial charge in [-0.2, -0.15) is 0 Å². The van der Waals surface area contributed by atoms with E-state index in [1.54, 1.807) is 0 Å². The molecule has 2 rings (SSSR count). The average Bonchev–Trinajstić information content (AvgIpc) is 2.35. The second kappa shape index (κ2) is 5.57. The lowest BCUT2D eigenvalue weighted by Crippen LogP contribution is -2.65. The van der Waals surface area contributed by atoms with Crippen LogP contribution in [0.25, 0.3) is 0 Å². The maximum absolute atomic E-state index is 10.0. The second-order valence-corrected chi connectivity index (χ2v) is 4.42. The Morgan fingerprint density at radius 3 is 2.35 bits per heavy atom. The molecule has 0 aromatic heterocycles. The van der Waals surface area contributed by atoms with Crippen LogP contribution in [0, 0.1) is 0 Å². The molecule has 0 bridgehead atoms. The number of rotatable bonds is 2. The summed E-state index contributed by atoms with van der Waals surface area (Å²) in [5.41, 5.74) is 5.40. The van der Waals surface area contributed by atoms with Gasteiger partial charge in [0.1, 0.15) is 18.3 Å². The standard InChI is InChI=1S/C10H20N2O5/c11-5-6-8(13)9(14)7(10(15)17-6)12-1-3-16-4-2-12/h6-10,13-15H,1-5,11H2/t6?,7-,8?,9?,10?/m0/s1. The van der Waals surface area contributed by atoms with Crippen LogP contribution in [0.4, 0.5) is 0 Å². The Balaban J connectivity index is 2.05. The Labute approximate surface area is 99.7 Å². The number of nitrogens with two attached hydrogens (primary N) is 1. The van der Waals surface area contributed by atoms with Crippen molar-refractivity contribution in [1.82, 2.24) is 4.90 Å². The van der Waals surface area contributed by atoms with Crippen LogP contribution in [0.3, 0.4) is 0 Å². The molecular weight excluding hydrogens is 228 g/mol. The molecule has 7 heteroatoms. The third-order valence-electron chi connectivity index (χ3n) is 3.39. The topological polar surface area (TPSA) is 108 Å². The molecule has 2 saturated heterocycles. The quantitative estimate of drug-likeness (QED) is 0.415. The normalized spacial score (nSPS) is 44.8. The Bertz CT molecular complexity index is 249. The molecule has 0 amide bonds. The van der Waals surface area contributed by atoms with E-state index in [1.165, 1.54) is 0 Å². The van der Waals surface area contributed by atoms with E-state index in [9.17, 15) is 15.3 Å². The Morgan fingerprint density at radius 2 is 1.76 bits per heavy atom. The zero-order valence-corrected chi connectivity index (χ0v) is 9.60. The summed E-state index contributed by atoms with van der Waals surface area (Å²) >= 11 is 0. The summed E-state index contributed by atoms with van der Waals surface area (Å²) in [5.74, 6) is 0. The molecule has 4 unspecified atom stereocenters. The minimum Gasteiger partial charge on any atom is -0.388 e. The molecule has 5 N–H and O–H groups in total. The molecule has 2 fully saturated rings. The number of aliphatic hydroxyl groups excluding tert-OH is 3. The first-order valence-electron chi connectivity index (χ1n) is 5.86. The first kappa shape index (κ1) is 13.2. The highest BCUT2D eigenvalue weighted by molar-refractivity contribution is 4.94. The van der Waals surface area contributed by atoms with E-state index in [0.717, 1.165) is 0 Å². The van der Waals surface area contributed by atoms with Gasteiger partial charge in [0.2, 0.25) is 0 Å². The molecule has 17 heavy (non-hydrogen) atoms. The fraction of sp³-hybridized carbons (Fsp3) is 1.00. The first-order valence-corrected chi connectivity index (χ1v) is 5.86. The van der Waals surface area contributed by atoms with Gasteiger partial charge in [-0.3, -0.25) is 4.90 Å². The smallest absolute Gasteiger partial charge is 0.173 e. The van der Waals surface area contributed by atoms with Gasteiger partial charge in [0.15, 0.2) is 6.29 Å². The number of hydrogen-bond donors (Lipinski definition) is 4. The number of nitrogens with zero attached hydrogens (tertiary/aromatic N) is 1. The molecule has 5 atom stereocenters. The second-order valence-electron chi connectivity index (χ2n) is 4.42. The van der Waals surface area contributed by atoms with Gasteiger partial charge < -0.3 is 30.5 Å². The van der Waals surface area contributed by atoms with Crippen molar-refractivity contribution < 1.29 is 24.8 Å². The Hall–Kier alpha value is -0.280. The fourth-order valence-corrected chi connectivity index (χ4v) is 2.40. The lowest BCUT2D eigenvalue weighted by atomic mass is 9.95. The summed E-state index contributed by atoms with van der Waals surface area (Å²) in [6.45, 7) is 2.36. The predicted molar refractivity (Wildman–Crippen MR) is 58.1 cm³/mol. The lowest BCUT2D eigenvalue weighted by Gasteiger charge is -2.46. The van der Waals surface area contributed by atoms with Gasteiger partial charge >= 0.3 is 0 Å². The van der Waals surface area contributed by atoms with Crippen molar-refractivity contribution in [2.24, 2.45) is 5.73 Å². The van der Waals surface area contributed by atoms with E-state index in [0.29, 0.717) is 26.3 Å². The largest absolute Gasteiger partial charge is 0.388 e. The van der Waals surface area contributed by atoms with Gasteiger partial charge in [-0.1, -0.05) is 0 Å². The summed E-state index contributed by atoms with van der Waals surface area (Å²) in [6.07, 6.45) is -4.00. The van der Waals surface area contributed by atoms with E-state index < -0.39 is 30.6 Å². The van der Waals surface area contributed by atoms with Crippen molar-refractivity contribution in [3.63, 3.8) is 0 Å². The summed E-state index contributed by atoms with van der Waals surface area (Å²) in [5, 5.41) is 29.7. The number of ether oxygens (including phenoxy) is 2. The van der Waals surface area contributed by atoms with Crippen molar-refractivity contribution in [3.8, 4) is 0 Å². The van der Waals surface area contributed by atoms with E-state index in [1.807, 2.05) is 4.90 Å². The van der Waals surface area contributed by atoms with Crippen LogP contribution >= 0.6 is 0 Å². The minimum atomic E-state index is -1.14. The van der Waals surface area contributed by atoms with Gasteiger partial charge in [-0.15, -0.1) is 0 Å². The summed E-state index contributed by atoms with van der Waals surface area (Å²) in [7, 11) is 0. The van der Waals surface area contributed by atoms with Gasteiger partial charge in [0, 0.05) is 19.6 Å². The van der Waals surface area contributed by atoms with Crippen molar-refractivity contribution in [2.75, 3.05) is 32.8 Å². The molecule has 0 spiro atoms. The van der Waals surface area contributed by atoms with Crippen molar-refractivity contribution in [1.29, 1.82) is 0 Å². The first-order chi connectivity index (χ1) is 8.15. The molecule has 2 aliphatic rings. The summed E-state index contributed by atoms with van der Waals surface area (Å²) in [6, 6.07) is -0.628. The zero-order chi connectivity index (χ0) is 12.4. The van der Waals surface area contributed by atoms with Crippen LogP contribution in [0.15, 0.2) is 0 Å². The van der Waals surface area contributed by atoms with E-state index in [-0.39, 0.29) is 6.54 Å². The molecule has 7 nitrogen and oxygen atoms in total. The molecule has 2 aliphatic heterocycles. The van der Waals surface area contributed by atoms with Gasteiger partial charge in [0.05, 0.1) is 19.3 Å². The molecular formula is C10H20N2O5. The number of aliphatic hydroxyl groups is 3. The van der Waals surface area contributed by atoms with Crippen LogP contribution in [0.2, 0.25) is 0 Å². The predicted octanol–water partition coefficient (Wildman–Crippen LogP) is -2.92. The number of hydrogen-bond acceptors (Lipinski definition) is 7. The van der Waals surface area contributed by atoms with Crippen LogP contribution in [0.5, 0.6) is 0 Å². The Kier molecular flexibility index (Phi) is 4.31. The highest BCUT2D eigenvalue weighted by atomic mass is 16.6. The maximum Gasteiger partial charge on any atom is 0.173 e. The Morgan fingerprint density at radius 1 is 1.12 bits per heavy atom. The molecule has 0 aromatic rings. The highest BCUT2D eigenvalue weighted by Crippen LogP contribution is 2.24. The zero-order valence-electron chi connectivity index (χ0n) is 9.60. The third kappa shape index (κ3) is 2.60. The average molecular weight is 248 g/mol. The molecule has 0 saturated carbocycles. The molecule has 0 radical (unpaired) electrons. The van der Waals surface area contributed by atoms with Gasteiger partial charge in [-0.05, 0) is 0 Å². The van der Waals surface area contributed by atoms with E-state index in [2.05, 4.69) is 0 Å².